The number of carbonyl (C=O) groups is 1. The van der Waals surface area contributed by atoms with Gasteiger partial charge >= 0.3 is 6.03 Å². The van der Waals surface area contributed by atoms with E-state index in [4.69, 9.17) is 28.3 Å². The summed E-state index contributed by atoms with van der Waals surface area (Å²) >= 11 is 12.2. The molecule has 2 atom stereocenters. The largest absolute Gasteiger partial charge is 0.396 e. The number of benzene rings is 1. The van der Waals surface area contributed by atoms with Crippen molar-refractivity contribution >= 4 is 29.2 Å². The molecule has 110 valence electrons. The molecule has 1 aliphatic rings. The third-order valence-corrected chi connectivity index (χ3v) is 4.38. The van der Waals surface area contributed by atoms with E-state index in [2.05, 4.69) is 10.6 Å². The first-order chi connectivity index (χ1) is 9.52. The third kappa shape index (κ3) is 3.37. The number of fused-ring (bicyclic) bond motifs is 1. The fourth-order valence-electron chi connectivity index (χ4n) is 2.47. The van der Waals surface area contributed by atoms with Crippen LogP contribution in [0.1, 0.15) is 36.9 Å². The summed E-state index contributed by atoms with van der Waals surface area (Å²) in [5.74, 6) is 0. The monoisotopic (exact) mass is 316 g/mol. The second kappa shape index (κ2) is 6.66. The van der Waals surface area contributed by atoms with Crippen molar-refractivity contribution in [3.63, 3.8) is 0 Å². The van der Waals surface area contributed by atoms with Crippen molar-refractivity contribution in [2.75, 3.05) is 6.61 Å². The molecule has 0 aliphatic heterocycles. The number of aliphatic hydroxyl groups is 1. The quantitative estimate of drug-likeness (QED) is 0.799. The fourth-order valence-corrected chi connectivity index (χ4v) is 2.92. The molecule has 0 aromatic heterocycles. The Hall–Kier alpha value is -0.970. The number of nitrogens with one attached hydrogen (secondary N) is 2. The van der Waals surface area contributed by atoms with E-state index in [0.29, 0.717) is 16.5 Å². The molecule has 0 fully saturated rings. The van der Waals surface area contributed by atoms with E-state index in [1.807, 2.05) is 13.0 Å². The van der Waals surface area contributed by atoms with Crippen molar-refractivity contribution in [1.82, 2.24) is 10.6 Å². The number of carbonyl (C=O) groups excluding carboxylic acids is 1. The minimum Gasteiger partial charge on any atom is -0.396 e. The molecule has 0 saturated carbocycles. The Kier molecular flexibility index (Phi) is 5.13. The van der Waals surface area contributed by atoms with Crippen LogP contribution >= 0.6 is 23.2 Å². The second-order valence-electron chi connectivity index (χ2n) is 5.05. The van der Waals surface area contributed by atoms with E-state index in [1.165, 1.54) is 0 Å². The molecule has 3 N–H and O–H groups in total. The number of urea groups is 1. The van der Waals surface area contributed by atoms with Crippen molar-refractivity contribution in [3.8, 4) is 0 Å². The van der Waals surface area contributed by atoms with E-state index in [9.17, 15) is 4.79 Å². The number of amides is 2. The van der Waals surface area contributed by atoms with Gasteiger partial charge in [-0.25, -0.2) is 4.79 Å². The molecule has 1 aromatic carbocycles. The smallest absolute Gasteiger partial charge is 0.315 e. The van der Waals surface area contributed by atoms with E-state index in [1.54, 1.807) is 6.07 Å². The van der Waals surface area contributed by atoms with Gasteiger partial charge in [0.25, 0.3) is 0 Å². The van der Waals surface area contributed by atoms with Gasteiger partial charge in [0.05, 0.1) is 16.1 Å². The SMILES string of the molecule is C[C@H](CCO)NC(=O)NC1CCc2c1ccc(Cl)c2Cl. The minimum absolute atomic E-state index is 0.0407. The topological polar surface area (TPSA) is 61.4 Å². The predicted molar refractivity (Wildman–Crippen MR) is 80.4 cm³/mol. The Bertz CT molecular complexity index is 508. The minimum atomic E-state index is -0.227. The second-order valence-corrected chi connectivity index (χ2v) is 5.84. The van der Waals surface area contributed by atoms with Crippen LogP contribution in [0.3, 0.4) is 0 Å². The molecule has 1 aliphatic carbocycles. The molecule has 20 heavy (non-hydrogen) atoms. The third-order valence-electron chi connectivity index (χ3n) is 3.54. The Balaban J connectivity index is 2.01. The van der Waals surface area contributed by atoms with Gasteiger partial charge < -0.3 is 15.7 Å². The maximum Gasteiger partial charge on any atom is 0.315 e. The van der Waals surface area contributed by atoms with Crippen LogP contribution in [0.4, 0.5) is 4.79 Å². The van der Waals surface area contributed by atoms with Crippen molar-refractivity contribution < 1.29 is 9.90 Å². The Labute approximate surface area is 128 Å². The lowest BCUT2D eigenvalue weighted by Gasteiger charge is -2.18. The first-order valence-corrected chi connectivity index (χ1v) is 7.43. The van der Waals surface area contributed by atoms with Gasteiger partial charge in [-0.05, 0) is 43.4 Å². The lowest BCUT2D eigenvalue weighted by molar-refractivity contribution is 0.227. The molecule has 1 unspecified atom stereocenters. The molecular formula is C14H18Cl2N2O2. The maximum absolute atomic E-state index is 11.9. The lowest BCUT2D eigenvalue weighted by Crippen LogP contribution is -2.42. The summed E-state index contributed by atoms with van der Waals surface area (Å²) in [7, 11) is 0. The van der Waals surface area contributed by atoms with Gasteiger partial charge in [-0.15, -0.1) is 0 Å². The summed E-state index contributed by atoms with van der Waals surface area (Å²) in [6.07, 6.45) is 2.17. The maximum atomic E-state index is 11.9. The summed E-state index contributed by atoms with van der Waals surface area (Å²) in [4.78, 5) is 11.9. The van der Waals surface area contributed by atoms with Crippen LogP contribution in [0.15, 0.2) is 12.1 Å². The van der Waals surface area contributed by atoms with E-state index in [-0.39, 0.29) is 24.7 Å². The molecule has 0 radical (unpaired) electrons. The van der Waals surface area contributed by atoms with Crippen LogP contribution in [0.2, 0.25) is 10.0 Å². The fraction of sp³-hybridized carbons (Fsp3) is 0.500. The standard InChI is InChI=1S/C14H18Cl2N2O2/c1-8(6-7-19)17-14(20)18-12-5-3-10-9(12)2-4-11(15)13(10)16/h2,4,8,12,19H,3,5-7H2,1H3,(H2,17,18,20)/t8-,12?/m1/s1. The van der Waals surface area contributed by atoms with Crippen LogP contribution in [0, 0.1) is 0 Å². The molecule has 0 spiro atoms. The first-order valence-electron chi connectivity index (χ1n) is 6.67. The zero-order chi connectivity index (χ0) is 14.7. The van der Waals surface area contributed by atoms with Crippen LogP contribution in [0.25, 0.3) is 0 Å². The molecule has 0 saturated heterocycles. The Morgan fingerprint density at radius 1 is 1.50 bits per heavy atom. The van der Waals surface area contributed by atoms with E-state index in [0.717, 1.165) is 24.0 Å². The predicted octanol–water partition coefficient (Wildman–Crippen LogP) is 3.05. The number of hydrogen-bond donors (Lipinski definition) is 3. The Morgan fingerprint density at radius 3 is 2.95 bits per heavy atom. The molecular weight excluding hydrogens is 299 g/mol. The van der Waals surface area contributed by atoms with Crippen molar-refractivity contribution in [1.29, 1.82) is 0 Å². The molecule has 4 nitrogen and oxygen atoms in total. The van der Waals surface area contributed by atoms with Gasteiger partial charge in [-0.3, -0.25) is 0 Å². The highest BCUT2D eigenvalue weighted by Crippen LogP contribution is 2.38. The van der Waals surface area contributed by atoms with Crippen LogP contribution in [-0.2, 0) is 6.42 Å². The summed E-state index contributed by atoms with van der Waals surface area (Å²) in [5, 5.41) is 15.7. The average Bonchev–Trinajstić information content (AvgIpc) is 2.77. The van der Waals surface area contributed by atoms with Crippen LogP contribution in [0.5, 0.6) is 0 Å². The first kappa shape index (κ1) is 15.4. The van der Waals surface area contributed by atoms with Crippen molar-refractivity contribution in [2.45, 2.75) is 38.3 Å². The van der Waals surface area contributed by atoms with Gasteiger partial charge in [0.1, 0.15) is 0 Å². The number of aliphatic hydroxyl groups excluding tert-OH is 1. The number of hydrogen-bond acceptors (Lipinski definition) is 2. The highest BCUT2D eigenvalue weighted by Gasteiger charge is 2.26. The van der Waals surface area contributed by atoms with Gasteiger partial charge in [-0.1, -0.05) is 29.3 Å². The molecule has 2 amide bonds. The zero-order valence-corrected chi connectivity index (χ0v) is 12.8. The Morgan fingerprint density at radius 2 is 2.25 bits per heavy atom. The molecule has 2 rings (SSSR count). The number of halogens is 2. The normalized spacial score (nSPS) is 18.5. The molecule has 1 aromatic rings. The number of rotatable bonds is 4. The van der Waals surface area contributed by atoms with E-state index < -0.39 is 0 Å². The van der Waals surface area contributed by atoms with E-state index >= 15 is 0 Å². The summed E-state index contributed by atoms with van der Waals surface area (Å²) in [5.41, 5.74) is 2.05. The van der Waals surface area contributed by atoms with Crippen LogP contribution in [-0.4, -0.2) is 23.8 Å². The van der Waals surface area contributed by atoms with Gasteiger partial charge in [0.15, 0.2) is 0 Å². The molecule has 6 heteroatoms. The van der Waals surface area contributed by atoms with Gasteiger partial charge in [0.2, 0.25) is 0 Å². The summed E-state index contributed by atoms with van der Waals surface area (Å²) in [6.45, 7) is 1.91. The van der Waals surface area contributed by atoms with Crippen molar-refractivity contribution in [2.24, 2.45) is 0 Å². The van der Waals surface area contributed by atoms with Crippen LogP contribution < -0.4 is 10.6 Å². The molecule has 0 heterocycles. The average molecular weight is 317 g/mol. The highest BCUT2D eigenvalue weighted by molar-refractivity contribution is 6.42. The molecule has 0 bridgehead atoms. The lowest BCUT2D eigenvalue weighted by atomic mass is 10.1. The van der Waals surface area contributed by atoms with Gasteiger partial charge in [0, 0.05) is 12.6 Å². The highest BCUT2D eigenvalue weighted by atomic mass is 35.5. The van der Waals surface area contributed by atoms with Crippen molar-refractivity contribution in [3.05, 3.63) is 33.3 Å². The van der Waals surface area contributed by atoms with Gasteiger partial charge in [-0.2, -0.15) is 0 Å². The summed E-state index contributed by atoms with van der Waals surface area (Å²) in [6, 6.07) is 3.35. The summed E-state index contributed by atoms with van der Waals surface area (Å²) < 4.78 is 0. The zero-order valence-electron chi connectivity index (χ0n) is 11.2.